The fourth-order valence-corrected chi connectivity index (χ4v) is 5.82. The van der Waals surface area contributed by atoms with Crippen LogP contribution >= 0.6 is 0 Å². The van der Waals surface area contributed by atoms with Gasteiger partial charge in [0.15, 0.2) is 0 Å². The average Bonchev–Trinajstić information content (AvgIpc) is 3.12. The number of carbonyl (C=O) groups excluding carboxylic acids is 1. The molecule has 1 aliphatic rings. The predicted octanol–water partition coefficient (Wildman–Crippen LogP) is 3.54. The number of para-hydroxylation sites is 1. The Morgan fingerprint density at radius 2 is 1.43 bits per heavy atom. The van der Waals surface area contributed by atoms with E-state index in [9.17, 15) is 14.4 Å². The van der Waals surface area contributed by atoms with E-state index < -0.39 is 0 Å². The first-order valence-electron chi connectivity index (χ1n) is 16.0. The van der Waals surface area contributed by atoms with Crippen LogP contribution in [0, 0.1) is 0 Å². The Morgan fingerprint density at radius 3 is 2.11 bits per heavy atom. The molecule has 8 nitrogen and oxygen atoms in total. The number of H-pyrrole nitrogens is 1. The Labute approximate surface area is 273 Å². The number of benzene rings is 4. The van der Waals surface area contributed by atoms with Gasteiger partial charge >= 0.3 is 0 Å². The van der Waals surface area contributed by atoms with Crippen molar-refractivity contribution in [2.75, 3.05) is 42.9 Å². The second kappa shape index (κ2) is 14.7. The molecule has 0 spiro atoms. The van der Waals surface area contributed by atoms with Crippen LogP contribution in [0.4, 0.5) is 11.4 Å². The van der Waals surface area contributed by atoms with Crippen LogP contribution in [-0.4, -0.2) is 53.1 Å². The quantitative estimate of drug-likeness (QED) is 0.262. The van der Waals surface area contributed by atoms with Gasteiger partial charge in [0, 0.05) is 56.7 Å². The minimum atomic E-state index is -0.333. The summed E-state index contributed by atoms with van der Waals surface area (Å²) < 4.78 is 1.37. The van der Waals surface area contributed by atoms with E-state index in [-0.39, 0.29) is 27.7 Å². The van der Waals surface area contributed by atoms with E-state index in [4.69, 9.17) is 0 Å². The molecule has 6 rings (SSSR count). The maximum absolute atomic E-state index is 12.9. The molecule has 1 aromatic heterocycles. The first kappa shape index (κ1) is 31.5. The fourth-order valence-electron chi connectivity index (χ4n) is 5.82. The molecule has 5 aromatic rings. The van der Waals surface area contributed by atoms with Crippen LogP contribution in [0.15, 0.2) is 119 Å². The van der Waals surface area contributed by atoms with Crippen molar-refractivity contribution < 1.29 is 4.79 Å². The lowest BCUT2D eigenvalue weighted by Crippen LogP contribution is -2.52. The molecule has 0 radical (unpaired) electrons. The Bertz CT molecular complexity index is 2050. The van der Waals surface area contributed by atoms with E-state index in [2.05, 4.69) is 62.6 Å². The molecule has 238 valence electrons. The molecule has 2 heterocycles. The van der Waals surface area contributed by atoms with Crippen LogP contribution in [0.2, 0.25) is 0 Å². The largest absolute Gasteiger partial charge is 0.369 e. The van der Waals surface area contributed by atoms with Gasteiger partial charge in [-0.3, -0.25) is 19.3 Å². The van der Waals surface area contributed by atoms with E-state index in [1.807, 2.05) is 54.6 Å². The standard InChI is InChI=1S/C39H39N5O3/c1-42-36(28-31-8-4-2-5-9-31)38(46)41-35(39(42)47)21-16-29-12-17-32(18-13-29)37(45)40-33-19-14-30(15-20-33)22-23-43-24-26-44(27-25-43)34-10-6-3-7-11-34/h2-15,17-21,28H,16,22-27H2,1H3,(H,40,45)(H,41,46). The Kier molecular flexibility index (Phi) is 9.89. The maximum atomic E-state index is 12.9. The zero-order valence-corrected chi connectivity index (χ0v) is 26.6. The molecule has 0 saturated carbocycles. The monoisotopic (exact) mass is 625 g/mol. The molecule has 0 aliphatic carbocycles. The van der Waals surface area contributed by atoms with E-state index in [0.717, 1.165) is 56.0 Å². The van der Waals surface area contributed by atoms with Crippen molar-refractivity contribution in [1.82, 2.24) is 14.5 Å². The highest BCUT2D eigenvalue weighted by Crippen LogP contribution is 2.17. The summed E-state index contributed by atoms with van der Waals surface area (Å²) in [5.74, 6) is -0.187. The minimum Gasteiger partial charge on any atom is -0.369 e. The lowest BCUT2D eigenvalue weighted by molar-refractivity contribution is 0.102. The smallest absolute Gasteiger partial charge is 0.274 e. The molecule has 0 atom stereocenters. The summed E-state index contributed by atoms with van der Waals surface area (Å²) in [4.78, 5) is 46.3. The summed E-state index contributed by atoms with van der Waals surface area (Å²) in [6.45, 7) is 5.20. The predicted molar refractivity (Wildman–Crippen MR) is 189 cm³/mol. The molecule has 1 saturated heterocycles. The third kappa shape index (κ3) is 8.04. The van der Waals surface area contributed by atoms with Crippen LogP contribution < -0.4 is 32.0 Å². The summed E-state index contributed by atoms with van der Waals surface area (Å²) in [6, 6.07) is 35.3. The minimum absolute atomic E-state index is 0.187. The molecule has 1 amide bonds. The molecule has 1 fully saturated rings. The number of nitrogens with one attached hydrogen (secondary N) is 2. The normalized spacial score (nSPS) is 14.4. The lowest BCUT2D eigenvalue weighted by Gasteiger charge is -2.36. The first-order chi connectivity index (χ1) is 22.9. The molecule has 2 N–H and O–H groups in total. The number of aromatic nitrogens is 2. The van der Waals surface area contributed by atoms with Gasteiger partial charge in [0.05, 0.1) is 0 Å². The van der Waals surface area contributed by atoms with Crippen molar-refractivity contribution >= 4 is 29.4 Å². The first-order valence-corrected chi connectivity index (χ1v) is 16.0. The number of hydrogen-bond donors (Lipinski definition) is 2. The van der Waals surface area contributed by atoms with Gasteiger partial charge in [-0.2, -0.15) is 0 Å². The van der Waals surface area contributed by atoms with Crippen molar-refractivity contribution in [2.45, 2.75) is 12.8 Å². The van der Waals surface area contributed by atoms with E-state index >= 15 is 0 Å². The average molecular weight is 626 g/mol. The third-order valence-corrected chi connectivity index (χ3v) is 8.66. The number of piperazine rings is 1. The number of rotatable bonds is 9. The Balaban J connectivity index is 1.01. The van der Waals surface area contributed by atoms with Gasteiger partial charge in [-0.25, -0.2) is 0 Å². The summed E-state index contributed by atoms with van der Waals surface area (Å²) in [5, 5.41) is 3.51. The van der Waals surface area contributed by atoms with E-state index in [1.165, 1.54) is 15.8 Å². The van der Waals surface area contributed by atoms with Crippen molar-refractivity contribution in [2.24, 2.45) is 7.05 Å². The Hall–Kier alpha value is -5.47. The maximum Gasteiger partial charge on any atom is 0.274 e. The summed E-state index contributed by atoms with van der Waals surface area (Å²) in [6.07, 6.45) is 4.79. The van der Waals surface area contributed by atoms with Gasteiger partial charge in [-0.1, -0.05) is 78.9 Å². The number of anilines is 2. The molecule has 0 unspecified atom stereocenters. The molecule has 4 aromatic carbocycles. The second-order valence-electron chi connectivity index (χ2n) is 11.8. The van der Waals surface area contributed by atoms with Crippen molar-refractivity contribution in [3.05, 3.63) is 163 Å². The van der Waals surface area contributed by atoms with Gasteiger partial charge in [-0.15, -0.1) is 0 Å². The Morgan fingerprint density at radius 1 is 0.787 bits per heavy atom. The van der Waals surface area contributed by atoms with Gasteiger partial charge in [0.25, 0.3) is 17.0 Å². The highest BCUT2D eigenvalue weighted by molar-refractivity contribution is 6.04. The van der Waals surface area contributed by atoms with Gasteiger partial charge in [-0.05, 0) is 72.0 Å². The van der Waals surface area contributed by atoms with Crippen molar-refractivity contribution in [3.8, 4) is 0 Å². The zero-order chi connectivity index (χ0) is 32.6. The lowest BCUT2D eigenvalue weighted by atomic mass is 10.1. The number of carbonyl (C=O) groups is 1. The number of aromatic amines is 1. The van der Waals surface area contributed by atoms with Gasteiger partial charge < -0.3 is 19.8 Å². The molecule has 47 heavy (non-hydrogen) atoms. The SMILES string of the molecule is Cn1c(=O)c(=CCc2ccc(C(=O)Nc3ccc(CCN4CCN(c5ccccc5)CC4)cc3)cc2)[nH]c(=O)c1=Cc1ccccc1. The summed E-state index contributed by atoms with van der Waals surface area (Å²) >= 11 is 0. The van der Waals surface area contributed by atoms with Crippen LogP contribution in [0.5, 0.6) is 0 Å². The van der Waals surface area contributed by atoms with Crippen LogP contribution in [-0.2, 0) is 19.9 Å². The molecule has 8 heteroatoms. The highest BCUT2D eigenvalue weighted by Gasteiger charge is 2.16. The second-order valence-corrected chi connectivity index (χ2v) is 11.8. The summed E-state index contributed by atoms with van der Waals surface area (Å²) in [7, 11) is 1.60. The molecule has 1 aliphatic heterocycles. The van der Waals surface area contributed by atoms with E-state index in [0.29, 0.717) is 12.0 Å². The fraction of sp³-hybridized carbons (Fsp3) is 0.205. The number of hydrogen-bond acceptors (Lipinski definition) is 5. The van der Waals surface area contributed by atoms with Crippen molar-refractivity contribution in [1.29, 1.82) is 0 Å². The number of nitrogens with zero attached hydrogens (tertiary/aromatic N) is 3. The van der Waals surface area contributed by atoms with Crippen LogP contribution in [0.3, 0.4) is 0 Å². The third-order valence-electron chi connectivity index (χ3n) is 8.66. The van der Waals surface area contributed by atoms with Crippen LogP contribution in [0.1, 0.15) is 27.0 Å². The molecular formula is C39H39N5O3. The highest BCUT2D eigenvalue weighted by atomic mass is 16.2. The number of amides is 1. The zero-order valence-electron chi connectivity index (χ0n) is 26.6. The van der Waals surface area contributed by atoms with Gasteiger partial charge in [0.2, 0.25) is 0 Å². The summed E-state index contributed by atoms with van der Waals surface area (Å²) in [5.41, 5.74) is 4.96. The molecular weight excluding hydrogens is 586 g/mol. The van der Waals surface area contributed by atoms with Crippen molar-refractivity contribution in [3.63, 3.8) is 0 Å². The topological polar surface area (TPSA) is 90.4 Å². The van der Waals surface area contributed by atoms with E-state index in [1.54, 1.807) is 31.3 Å². The van der Waals surface area contributed by atoms with Gasteiger partial charge in [0.1, 0.15) is 10.7 Å². The van der Waals surface area contributed by atoms with Crippen LogP contribution in [0.25, 0.3) is 12.2 Å². The molecule has 0 bridgehead atoms.